The Hall–Kier alpha value is -2.25. The van der Waals surface area contributed by atoms with Gasteiger partial charge in [-0.2, -0.15) is 10.4 Å². The van der Waals surface area contributed by atoms with Gasteiger partial charge in [0.15, 0.2) is 0 Å². The Labute approximate surface area is 116 Å². The van der Waals surface area contributed by atoms with Gasteiger partial charge in [-0.1, -0.05) is 23.7 Å². The fourth-order valence-electron chi connectivity index (χ4n) is 1.65. The number of aromatic nitrogens is 2. The predicted molar refractivity (Wildman–Crippen MR) is 76.3 cm³/mol. The molecule has 2 rings (SSSR count). The lowest BCUT2D eigenvalue weighted by Crippen LogP contribution is -2.02. The molecule has 0 atom stereocenters. The summed E-state index contributed by atoms with van der Waals surface area (Å²) in [6.07, 6.45) is 1.75. The number of hydrogen-bond acceptors (Lipinski definition) is 3. The van der Waals surface area contributed by atoms with Crippen molar-refractivity contribution < 1.29 is 0 Å². The molecule has 0 unspecified atom stereocenters. The zero-order valence-corrected chi connectivity index (χ0v) is 11.4. The molecule has 4 nitrogen and oxygen atoms in total. The first-order chi connectivity index (χ1) is 9.10. The third-order valence-electron chi connectivity index (χ3n) is 2.52. The van der Waals surface area contributed by atoms with E-state index in [0.717, 1.165) is 11.3 Å². The lowest BCUT2D eigenvalue weighted by atomic mass is 10.1. The Kier molecular flexibility index (Phi) is 3.88. The topological polar surface area (TPSA) is 55.7 Å². The molecule has 0 aliphatic rings. The second-order valence-corrected chi connectivity index (χ2v) is 4.73. The summed E-state index contributed by atoms with van der Waals surface area (Å²) in [6.45, 7) is 0. The van der Waals surface area contributed by atoms with Gasteiger partial charge >= 0.3 is 0 Å². The minimum atomic E-state index is 0.540. The van der Waals surface area contributed by atoms with Crippen molar-refractivity contribution in [2.24, 2.45) is 0 Å². The van der Waals surface area contributed by atoms with Crippen LogP contribution in [0.25, 0.3) is 16.8 Å². The van der Waals surface area contributed by atoms with Gasteiger partial charge < -0.3 is 4.90 Å². The zero-order chi connectivity index (χ0) is 13.8. The number of H-pyrrole nitrogens is 1. The van der Waals surface area contributed by atoms with Crippen molar-refractivity contribution in [3.8, 4) is 17.3 Å². The number of aromatic amines is 1. The van der Waals surface area contributed by atoms with Gasteiger partial charge in [-0.05, 0) is 18.2 Å². The maximum atomic E-state index is 9.13. The average molecular weight is 273 g/mol. The molecule has 2 aromatic rings. The van der Waals surface area contributed by atoms with Crippen molar-refractivity contribution >= 4 is 17.2 Å². The summed E-state index contributed by atoms with van der Waals surface area (Å²) < 4.78 is 0. The number of hydrogen-bond donors (Lipinski definition) is 1. The van der Waals surface area contributed by atoms with Crippen molar-refractivity contribution in [3.63, 3.8) is 0 Å². The van der Waals surface area contributed by atoms with Crippen LogP contribution in [-0.2, 0) is 0 Å². The quantitative estimate of drug-likeness (QED) is 0.873. The van der Waals surface area contributed by atoms with Crippen molar-refractivity contribution in [2.75, 3.05) is 14.1 Å². The highest BCUT2D eigenvalue weighted by atomic mass is 35.5. The third-order valence-corrected chi connectivity index (χ3v) is 2.77. The molecular formula is C14H13ClN4. The van der Waals surface area contributed by atoms with Crippen LogP contribution < -0.4 is 0 Å². The van der Waals surface area contributed by atoms with Gasteiger partial charge in [0.2, 0.25) is 0 Å². The molecule has 0 spiro atoms. The second kappa shape index (κ2) is 5.59. The molecule has 1 aromatic heterocycles. The van der Waals surface area contributed by atoms with Crippen LogP contribution in [0.5, 0.6) is 0 Å². The summed E-state index contributed by atoms with van der Waals surface area (Å²) in [5.74, 6) is 0. The fourth-order valence-corrected chi connectivity index (χ4v) is 1.77. The van der Waals surface area contributed by atoms with Crippen LogP contribution in [-0.4, -0.2) is 29.2 Å². The molecule has 1 heterocycles. The molecular weight excluding hydrogens is 260 g/mol. The minimum absolute atomic E-state index is 0.540. The maximum absolute atomic E-state index is 9.13. The molecule has 0 bridgehead atoms. The number of allylic oxidation sites excluding steroid dienone is 1. The van der Waals surface area contributed by atoms with Gasteiger partial charge in [-0.15, -0.1) is 0 Å². The summed E-state index contributed by atoms with van der Waals surface area (Å²) in [5.41, 5.74) is 2.97. The Morgan fingerprint density at radius 3 is 2.63 bits per heavy atom. The van der Waals surface area contributed by atoms with Gasteiger partial charge in [0.1, 0.15) is 6.07 Å². The van der Waals surface area contributed by atoms with Crippen LogP contribution in [0.1, 0.15) is 5.69 Å². The van der Waals surface area contributed by atoms with Crippen LogP contribution in [0.2, 0.25) is 5.02 Å². The number of nitrogens with one attached hydrogen (secondary N) is 1. The van der Waals surface area contributed by atoms with Crippen LogP contribution in [0, 0.1) is 11.3 Å². The predicted octanol–water partition coefficient (Wildman–Crippen LogP) is 3.16. The molecule has 5 heteroatoms. The first-order valence-electron chi connectivity index (χ1n) is 5.70. The average Bonchev–Trinajstić information content (AvgIpc) is 2.86. The molecule has 0 aliphatic carbocycles. The normalized spacial score (nSPS) is 11.2. The summed E-state index contributed by atoms with van der Waals surface area (Å²) >= 11 is 5.85. The largest absolute Gasteiger partial charge is 0.382 e. The van der Waals surface area contributed by atoms with Crippen molar-refractivity contribution in [2.45, 2.75) is 0 Å². The summed E-state index contributed by atoms with van der Waals surface area (Å²) in [4.78, 5) is 1.82. The molecule has 19 heavy (non-hydrogen) atoms. The Morgan fingerprint density at radius 2 is 2.05 bits per heavy atom. The van der Waals surface area contributed by atoms with E-state index in [2.05, 4.69) is 16.3 Å². The highest BCUT2D eigenvalue weighted by Gasteiger charge is 2.08. The van der Waals surface area contributed by atoms with Gasteiger partial charge in [-0.3, -0.25) is 5.10 Å². The van der Waals surface area contributed by atoms with Crippen LogP contribution in [0.4, 0.5) is 0 Å². The van der Waals surface area contributed by atoms with E-state index < -0.39 is 0 Å². The number of nitrogens with zero attached hydrogens (tertiary/aromatic N) is 3. The number of nitriles is 1. The maximum Gasteiger partial charge on any atom is 0.103 e. The van der Waals surface area contributed by atoms with Crippen molar-refractivity contribution in [3.05, 3.63) is 47.2 Å². The van der Waals surface area contributed by atoms with E-state index in [1.807, 2.05) is 49.3 Å². The monoisotopic (exact) mass is 272 g/mol. The summed E-state index contributed by atoms with van der Waals surface area (Å²) in [5, 5.41) is 16.9. The Morgan fingerprint density at radius 1 is 1.37 bits per heavy atom. The van der Waals surface area contributed by atoms with Gasteiger partial charge in [0, 0.05) is 30.9 Å². The van der Waals surface area contributed by atoms with E-state index in [1.54, 1.807) is 6.20 Å². The highest BCUT2D eigenvalue weighted by Crippen LogP contribution is 2.22. The van der Waals surface area contributed by atoms with Gasteiger partial charge in [0.05, 0.1) is 17.0 Å². The van der Waals surface area contributed by atoms with Crippen LogP contribution in [0.15, 0.2) is 36.5 Å². The lowest BCUT2D eigenvalue weighted by molar-refractivity contribution is 0.566. The Balaban J connectivity index is 2.34. The first kappa shape index (κ1) is 13.2. The highest BCUT2D eigenvalue weighted by molar-refractivity contribution is 6.30. The lowest BCUT2D eigenvalue weighted by Gasteiger charge is -2.04. The fraction of sp³-hybridized carbons (Fsp3) is 0.143. The SMILES string of the molecule is CN(C)/C=C(\C#N)c1cc(-c2ccc(Cl)cc2)n[nH]1. The van der Waals surface area contributed by atoms with Crippen molar-refractivity contribution in [1.29, 1.82) is 5.26 Å². The van der Waals surface area contributed by atoms with E-state index in [9.17, 15) is 0 Å². The standard InChI is InChI=1S/C14H13ClN4/c1-19(2)9-11(8-16)14-7-13(17-18-14)10-3-5-12(15)6-4-10/h3-7,9H,1-2H3,(H,17,18)/b11-9+. The van der Waals surface area contributed by atoms with E-state index in [0.29, 0.717) is 16.3 Å². The molecule has 0 saturated heterocycles. The number of halogens is 1. The van der Waals surface area contributed by atoms with E-state index in [-0.39, 0.29) is 0 Å². The van der Waals surface area contributed by atoms with Crippen molar-refractivity contribution in [1.82, 2.24) is 15.1 Å². The van der Waals surface area contributed by atoms with E-state index >= 15 is 0 Å². The molecule has 0 amide bonds. The van der Waals surface area contributed by atoms with Gasteiger partial charge in [-0.25, -0.2) is 0 Å². The smallest absolute Gasteiger partial charge is 0.103 e. The van der Waals surface area contributed by atoms with Crippen LogP contribution in [0.3, 0.4) is 0 Å². The number of rotatable bonds is 3. The minimum Gasteiger partial charge on any atom is -0.382 e. The Bertz CT molecular complexity index is 632. The van der Waals surface area contributed by atoms with Crippen LogP contribution >= 0.6 is 11.6 Å². The number of benzene rings is 1. The zero-order valence-electron chi connectivity index (χ0n) is 10.7. The second-order valence-electron chi connectivity index (χ2n) is 4.29. The van der Waals surface area contributed by atoms with E-state index in [4.69, 9.17) is 16.9 Å². The molecule has 1 aromatic carbocycles. The molecule has 0 fully saturated rings. The van der Waals surface area contributed by atoms with E-state index in [1.165, 1.54) is 0 Å². The molecule has 96 valence electrons. The first-order valence-corrected chi connectivity index (χ1v) is 6.08. The third kappa shape index (κ3) is 3.15. The molecule has 0 saturated carbocycles. The summed E-state index contributed by atoms with van der Waals surface area (Å²) in [6, 6.07) is 11.4. The van der Waals surface area contributed by atoms with Gasteiger partial charge in [0.25, 0.3) is 0 Å². The molecule has 1 N–H and O–H groups in total. The summed E-state index contributed by atoms with van der Waals surface area (Å²) in [7, 11) is 3.74. The molecule has 0 radical (unpaired) electrons. The molecule has 0 aliphatic heterocycles.